The van der Waals surface area contributed by atoms with Gasteiger partial charge in [0.25, 0.3) is 0 Å². The van der Waals surface area contributed by atoms with Crippen LogP contribution in [0.1, 0.15) is 44.6 Å². The molecular formula is C26H33Cl2N3O5S. The van der Waals surface area contributed by atoms with Crippen LogP contribution in [0.3, 0.4) is 0 Å². The lowest BCUT2D eigenvalue weighted by atomic mass is 9.95. The minimum atomic E-state index is -3.92. The van der Waals surface area contributed by atoms with Crippen molar-refractivity contribution in [2.45, 2.75) is 57.7 Å². The van der Waals surface area contributed by atoms with Crippen molar-refractivity contribution in [3.63, 3.8) is 0 Å². The van der Waals surface area contributed by atoms with Gasteiger partial charge in [0.1, 0.15) is 18.3 Å². The topological polar surface area (TPSA) is 96.0 Å². The second kappa shape index (κ2) is 12.8. The number of halogens is 2. The van der Waals surface area contributed by atoms with Gasteiger partial charge in [0.15, 0.2) is 0 Å². The smallest absolute Gasteiger partial charge is 0.244 e. The van der Waals surface area contributed by atoms with E-state index in [0.717, 1.165) is 42.7 Å². The molecule has 1 atom stereocenters. The lowest BCUT2D eigenvalue weighted by Crippen LogP contribution is -2.53. The van der Waals surface area contributed by atoms with E-state index in [2.05, 4.69) is 5.32 Å². The predicted octanol–water partition coefficient (Wildman–Crippen LogP) is 4.63. The van der Waals surface area contributed by atoms with Crippen molar-refractivity contribution in [2.24, 2.45) is 0 Å². The number of sulfonamides is 1. The van der Waals surface area contributed by atoms with Crippen molar-refractivity contribution >= 4 is 50.7 Å². The van der Waals surface area contributed by atoms with Crippen LogP contribution < -0.4 is 14.4 Å². The second-order valence-corrected chi connectivity index (χ2v) is 12.0. The fourth-order valence-electron chi connectivity index (χ4n) is 4.44. The second-order valence-electron chi connectivity index (χ2n) is 9.26. The van der Waals surface area contributed by atoms with E-state index in [1.54, 1.807) is 37.3 Å². The molecule has 1 aliphatic carbocycles. The van der Waals surface area contributed by atoms with E-state index in [-0.39, 0.29) is 35.0 Å². The molecule has 37 heavy (non-hydrogen) atoms. The Morgan fingerprint density at radius 3 is 2.38 bits per heavy atom. The number of methoxy groups -OCH3 is 1. The molecule has 2 aromatic carbocycles. The van der Waals surface area contributed by atoms with Crippen LogP contribution in [-0.4, -0.2) is 57.1 Å². The molecule has 1 fully saturated rings. The van der Waals surface area contributed by atoms with Crippen molar-refractivity contribution in [3.8, 4) is 5.75 Å². The summed E-state index contributed by atoms with van der Waals surface area (Å²) in [5.74, 6) is -0.598. The molecule has 0 aromatic heterocycles. The molecule has 0 bridgehead atoms. The highest BCUT2D eigenvalue weighted by Gasteiger charge is 2.32. The number of carbonyl (C=O) groups excluding carboxylic acids is 2. The SMILES string of the molecule is COc1ccc(Cl)cc1N(CC(=O)N(Cc1cccc(Cl)c1)[C@@H](C)C(=O)NC1CCCCC1)S(C)(=O)=O. The Labute approximate surface area is 228 Å². The maximum absolute atomic E-state index is 13.7. The van der Waals surface area contributed by atoms with E-state index in [4.69, 9.17) is 27.9 Å². The highest BCUT2D eigenvalue weighted by molar-refractivity contribution is 7.92. The normalized spacial score (nSPS) is 15.1. The number of carbonyl (C=O) groups is 2. The summed E-state index contributed by atoms with van der Waals surface area (Å²) in [6, 6.07) is 10.7. The largest absolute Gasteiger partial charge is 0.495 e. The number of anilines is 1. The molecule has 0 spiro atoms. The minimum absolute atomic E-state index is 0.0649. The number of nitrogens with one attached hydrogen (secondary N) is 1. The molecule has 1 aliphatic rings. The zero-order chi connectivity index (χ0) is 27.2. The number of rotatable bonds is 10. The number of nitrogens with zero attached hydrogens (tertiary/aromatic N) is 2. The summed E-state index contributed by atoms with van der Waals surface area (Å²) < 4.78 is 31.9. The third-order valence-electron chi connectivity index (χ3n) is 6.45. The van der Waals surface area contributed by atoms with Crippen LogP contribution in [-0.2, 0) is 26.2 Å². The van der Waals surface area contributed by atoms with Gasteiger partial charge < -0.3 is 15.0 Å². The zero-order valence-corrected chi connectivity index (χ0v) is 23.6. The maximum atomic E-state index is 13.7. The van der Waals surface area contributed by atoms with Crippen LogP contribution in [0.5, 0.6) is 5.75 Å². The molecule has 1 saturated carbocycles. The van der Waals surface area contributed by atoms with Crippen LogP contribution in [0, 0.1) is 0 Å². The first-order valence-electron chi connectivity index (χ1n) is 12.1. The Morgan fingerprint density at radius 2 is 1.76 bits per heavy atom. The van der Waals surface area contributed by atoms with Gasteiger partial charge in [-0.15, -0.1) is 0 Å². The van der Waals surface area contributed by atoms with Crippen molar-refractivity contribution in [1.82, 2.24) is 10.2 Å². The van der Waals surface area contributed by atoms with E-state index in [0.29, 0.717) is 10.6 Å². The lowest BCUT2D eigenvalue weighted by molar-refractivity contribution is -0.139. The van der Waals surface area contributed by atoms with Gasteiger partial charge in [0, 0.05) is 22.6 Å². The Balaban J connectivity index is 1.92. The fraction of sp³-hybridized carbons (Fsp3) is 0.462. The van der Waals surface area contributed by atoms with Crippen LogP contribution in [0.25, 0.3) is 0 Å². The zero-order valence-electron chi connectivity index (χ0n) is 21.2. The Kier molecular flexibility index (Phi) is 10.1. The molecular weight excluding hydrogens is 537 g/mol. The first-order chi connectivity index (χ1) is 17.5. The van der Waals surface area contributed by atoms with Gasteiger partial charge in [-0.3, -0.25) is 13.9 Å². The minimum Gasteiger partial charge on any atom is -0.495 e. The molecule has 3 rings (SSSR count). The highest BCUT2D eigenvalue weighted by atomic mass is 35.5. The van der Waals surface area contributed by atoms with Crippen LogP contribution >= 0.6 is 23.2 Å². The van der Waals surface area contributed by atoms with Gasteiger partial charge in [-0.2, -0.15) is 0 Å². The summed E-state index contributed by atoms with van der Waals surface area (Å²) in [5, 5.41) is 3.84. The van der Waals surface area contributed by atoms with Gasteiger partial charge in [-0.25, -0.2) is 8.42 Å². The molecule has 0 unspecified atom stereocenters. The molecule has 0 saturated heterocycles. The molecule has 1 N–H and O–H groups in total. The van der Waals surface area contributed by atoms with Gasteiger partial charge in [0.2, 0.25) is 21.8 Å². The molecule has 2 aromatic rings. The Morgan fingerprint density at radius 1 is 1.08 bits per heavy atom. The Hall–Kier alpha value is -2.49. The number of hydrogen-bond acceptors (Lipinski definition) is 5. The first kappa shape index (κ1) is 29.1. The molecule has 2 amide bonds. The lowest BCUT2D eigenvalue weighted by Gasteiger charge is -2.33. The molecule has 0 radical (unpaired) electrons. The average Bonchev–Trinajstić information content (AvgIpc) is 2.85. The van der Waals surface area contributed by atoms with Gasteiger partial charge in [0.05, 0.1) is 19.1 Å². The van der Waals surface area contributed by atoms with Crippen molar-refractivity contribution in [3.05, 3.63) is 58.1 Å². The van der Waals surface area contributed by atoms with Crippen LogP contribution in [0.4, 0.5) is 5.69 Å². The van der Waals surface area contributed by atoms with E-state index in [9.17, 15) is 18.0 Å². The summed E-state index contributed by atoms with van der Waals surface area (Å²) in [4.78, 5) is 28.3. The summed E-state index contributed by atoms with van der Waals surface area (Å²) >= 11 is 12.3. The summed E-state index contributed by atoms with van der Waals surface area (Å²) in [7, 11) is -2.52. The van der Waals surface area contributed by atoms with E-state index in [1.807, 2.05) is 0 Å². The molecule has 11 heteroatoms. The summed E-state index contributed by atoms with van der Waals surface area (Å²) in [6.07, 6.45) is 6.05. The van der Waals surface area contributed by atoms with E-state index < -0.39 is 28.5 Å². The third-order valence-corrected chi connectivity index (χ3v) is 8.05. The number of hydrogen-bond donors (Lipinski definition) is 1. The first-order valence-corrected chi connectivity index (χ1v) is 14.8. The Bertz CT molecular complexity index is 1220. The third kappa shape index (κ3) is 7.99. The summed E-state index contributed by atoms with van der Waals surface area (Å²) in [6.45, 7) is 1.17. The van der Waals surface area contributed by atoms with E-state index >= 15 is 0 Å². The maximum Gasteiger partial charge on any atom is 0.244 e. The summed E-state index contributed by atoms with van der Waals surface area (Å²) in [5.41, 5.74) is 0.845. The number of benzene rings is 2. The van der Waals surface area contributed by atoms with Crippen molar-refractivity contribution in [1.29, 1.82) is 0 Å². The van der Waals surface area contributed by atoms with Crippen LogP contribution in [0.15, 0.2) is 42.5 Å². The monoisotopic (exact) mass is 569 g/mol. The average molecular weight is 571 g/mol. The fourth-order valence-corrected chi connectivity index (χ4v) is 5.66. The number of amides is 2. The number of ether oxygens (including phenoxy) is 1. The van der Waals surface area contributed by atoms with Gasteiger partial charge >= 0.3 is 0 Å². The molecule has 0 aliphatic heterocycles. The molecule has 8 nitrogen and oxygen atoms in total. The van der Waals surface area contributed by atoms with Gasteiger partial charge in [-0.1, -0.05) is 54.6 Å². The predicted molar refractivity (Wildman–Crippen MR) is 147 cm³/mol. The van der Waals surface area contributed by atoms with Crippen LogP contribution in [0.2, 0.25) is 10.0 Å². The molecule has 202 valence electrons. The highest BCUT2D eigenvalue weighted by Crippen LogP contribution is 2.33. The quantitative estimate of drug-likeness (QED) is 0.449. The standard InChI is InChI=1S/C26H33Cl2N3O5S/c1-18(26(33)29-22-10-5-4-6-11-22)30(16-19-8-7-9-20(27)14-19)25(32)17-31(37(3,34)35)23-15-21(28)12-13-24(23)36-2/h7-9,12-15,18,22H,4-6,10-11,16-17H2,1-3H3,(H,29,33)/t18-/m0/s1. The van der Waals surface area contributed by atoms with Crippen molar-refractivity contribution < 1.29 is 22.7 Å². The van der Waals surface area contributed by atoms with Crippen molar-refractivity contribution in [2.75, 3.05) is 24.2 Å². The van der Waals surface area contributed by atoms with E-state index in [1.165, 1.54) is 24.1 Å². The van der Waals surface area contributed by atoms with Gasteiger partial charge in [-0.05, 0) is 55.7 Å². The molecule has 0 heterocycles.